The van der Waals surface area contributed by atoms with E-state index in [1.807, 2.05) is 24.4 Å². The summed E-state index contributed by atoms with van der Waals surface area (Å²) in [6, 6.07) is 10.1. The second kappa shape index (κ2) is 8.83. The molecule has 0 aliphatic heterocycles. The summed E-state index contributed by atoms with van der Waals surface area (Å²) in [4.78, 5) is 24.0. The Balaban J connectivity index is 1.70. The molecule has 3 rings (SSSR count). The highest BCUT2D eigenvalue weighted by Gasteiger charge is 2.18. The summed E-state index contributed by atoms with van der Waals surface area (Å²) in [5, 5.41) is 22.3. The minimum Gasteiger partial charge on any atom is -0.345 e. The van der Waals surface area contributed by atoms with Gasteiger partial charge in [0.1, 0.15) is 0 Å². The molecule has 0 spiro atoms. The van der Waals surface area contributed by atoms with Crippen LogP contribution in [-0.2, 0) is 6.54 Å². The largest absolute Gasteiger partial charge is 0.345 e. The van der Waals surface area contributed by atoms with Crippen molar-refractivity contribution in [1.82, 2.24) is 19.9 Å². The minimum absolute atomic E-state index is 0.0469. The first-order valence-corrected chi connectivity index (χ1v) is 9.92. The average Bonchev–Trinajstić information content (AvgIpc) is 3.09. The zero-order chi connectivity index (χ0) is 20.1. The number of carbonyl (C=O) groups is 1. The Bertz CT molecular complexity index is 1000. The highest BCUT2D eigenvalue weighted by atomic mass is 32.2. The molecule has 28 heavy (non-hydrogen) atoms. The molecule has 0 unspecified atom stereocenters. The molecule has 0 saturated carbocycles. The fraction of sp³-hybridized carbons (Fsp3) is 0.316. The number of hydrogen-bond acceptors (Lipinski definition) is 6. The number of fused-ring (bicyclic) bond motifs is 1. The molecule has 0 atom stereocenters. The van der Waals surface area contributed by atoms with Gasteiger partial charge in [-0.15, -0.1) is 22.0 Å². The minimum atomic E-state index is -0.444. The first kappa shape index (κ1) is 19.8. The Morgan fingerprint density at radius 2 is 2.11 bits per heavy atom. The van der Waals surface area contributed by atoms with E-state index in [2.05, 4.69) is 29.4 Å². The Morgan fingerprint density at radius 1 is 1.29 bits per heavy atom. The van der Waals surface area contributed by atoms with Gasteiger partial charge in [0.15, 0.2) is 11.5 Å². The number of nitrogens with zero attached hydrogens (tertiary/aromatic N) is 4. The number of rotatable bonds is 8. The van der Waals surface area contributed by atoms with Crippen LogP contribution in [0.15, 0.2) is 47.5 Å². The maximum absolute atomic E-state index is 12.5. The highest BCUT2D eigenvalue weighted by molar-refractivity contribution is 7.99. The molecule has 2 heterocycles. The third-order valence-electron chi connectivity index (χ3n) is 4.16. The number of carbonyl (C=O) groups excluding carboxylic acids is 1. The number of thioether (sulfide) groups is 1. The molecule has 2 aromatic heterocycles. The lowest BCUT2D eigenvalue weighted by atomic mass is 10.2. The van der Waals surface area contributed by atoms with Crippen LogP contribution in [0.5, 0.6) is 0 Å². The zero-order valence-electron chi connectivity index (χ0n) is 15.7. The molecule has 1 amide bonds. The lowest BCUT2D eigenvalue weighted by molar-refractivity contribution is -0.387. The second-order valence-electron chi connectivity index (χ2n) is 6.70. The van der Waals surface area contributed by atoms with Crippen molar-refractivity contribution in [3.05, 3.63) is 64.1 Å². The van der Waals surface area contributed by atoms with Crippen molar-refractivity contribution < 1.29 is 9.72 Å². The van der Waals surface area contributed by atoms with E-state index in [1.54, 1.807) is 16.5 Å². The molecule has 8 nitrogen and oxygen atoms in total. The van der Waals surface area contributed by atoms with Gasteiger partial charge in [0.25, 0.3) is 11.6 Å². The first-order valence-electron chi connectivity index (χ1n) is 8.94. The number of aromatic nitrogens is 3. The van der Waals surface area contributed by atoms with Crippen molar-refractivity contribution >= 4 is 29.0 Å². The van der Waals surface area contributed by atoms with E-state index in [-0.39, 0.29) is 17.8 Å². The maximum Gasteiger partial charge on any atom is 0.283 e. The van der Waals surface area contributed by atoms with Gasteiger partial charge in [-0.2, -0.15) is 0 Å². The third kappa shape index (κ3) is 4.66. The predicted molar refractivity (Wildman–Crippen MR) is 107 cm³/mol. The van der Waals surface area contributed by atoms with Crippen LogP contribution in [0.2, 0.25) is 0 Å². The maximum atomic E-state index is 12.5. The van der Waals surface area contributed by atoms with E-state index >= 15 is 0 Å². The van der Waals surface area contributed by atoms with Crippen molar-refractivity contribution in [2.45, 2.75) is 31.7 Å². The van der Waals surface area contributed by atoms with Crippen LogP contribution in [0.1, 0.15) is 36.5 Å². The first-order chi connectivity index (χ1) is 13.5. The molecular formula is C19H21N5O3S. The van der Waals surface area contributed by atoms with E-state index in [4.69, 9.17) is 0 Å². The molecule has 0 fully saturated rings. The molecule has 146 valence electrons. The summed E-state index contributed by atoms with van der Waals surface area (Å²) >= 11 is 1.44. The standard InChI is InChI=1S/C19H21N5O3S/c1-13(2)8-10-28-16-7-6-14(11-15(16)24(26)27)19(25)20-12-18-22-21-17-5-3-4-9-23(17)18/h3-7,9,11,13H,8,10,12H2,1-2H3,(H,20,25). The van der Waals surface area contributed by atoms with Crippen molar-refractivity contribution in [3.63, 3.8) is 0 Å². The summed E-state index contributed by atoms with van der Waals surface area (Å²) in [5.41, 5.74) is 0.883. The monoisotopic (exact) mass is 399 g/mol. The Labute approximate surface area is 166 Å². The van der Waals surface area contributed by atoms with E-state index in [0.29, 0.717) is 22.3 Å². The smallest absolute Gasteiger partial charge is 0.283 e. The van der Waals surface area contributed by atoms with Gasteiger partial charge in [-0.25, -0.2) is 0 Å². The van der Waals surface area contributed by atoms with Crippen molar-refractivity contribution in [3.8, 4) is 0 Å². The number of benzene rings is 1. The summed E-state index contributed by atoms with van der Waals surface area (Å²) < 4.78 is 1.77. The second-order valence-corrected chi connectivity index (χ2v) is 7.84. The molecular weight excluding hydrogens is 378 g/mol. The topological polar surface area (TPSA) is 102 Å². The quantitative estimate of drug-likeness (QED) is 0.352. The molecule has 0 aliphatic carbocycles. The SMILES string of the molecule is CC(C)CCSc1ccc(C(=O)NCc2nnc3ccccn23)cc1[N+](=O)[O-]. The summed E-state index contributed by atoms with van der Waals surface area (Å²) in [5.74, 6) is 1.52. The summed E-state index contributed by atoms with van der Waals surface area (Å²) in [6.45, 7) is 4.39. The van der Waals surface area contributed by atoms with Gasteiger partial charge < -0.3 is 5.32 Å². The van der Waals surface area contributed by atoms with Gasteiger partial charge >= 0.3 is 0 Å². The third-order valence-corrected chi connectivity index (χ3v) is 5.26. The molecule has 1 N–H and O–H groups in total. The summed E-state index contributed by atoms with van der Waals surface area (Å²) in [7, 11) is 0. The number of hydrogen-bond donors (Lipinski definition) is 1. The zero-order valence-corrected chi connectivity index (χ0v) is 16.5. The van der Waals surface area contributed by atoms with Crippen LogP contribution >= 0.6 is 11.8 Å². The molecule has 0 saturated heterocycles. The lowest BCUT2D eigenvalue weighted by Crippen LogP contribution is -2.24. The van der Waals surface area contributed by atoms with Gasteiger partial charge in [-0.05, 0) is 42.4 Å². The van der Waals surface area contributed by atoms with Crippen LogP contribution in [0.3, 0.4) is 0 Å². The van der Waals surface area contributed by atoms with Crippen LogP contribution in [0, 0.1) is 16.0 Å². The van der Waals surface area contributed by atoms with Crippen molar-refractivity contribution in [2.24, 2.45) is 5.92 Å². The predicted octanol–water partition coefficient (Wildman–Crippen LogP) is 3.71. The normalized spacial score (nSPS) is 11.1. The van der Waals surface area contributed by atoms with Gasteiger partial charge in [-0.3, -0.25) is 19.3 Å². The number of pyridine rings is 1. The number of nitro groups is 1. The van der Waals surface area contributed by atoms with Crippen LogP contribution < -0.4 is 5.32 Å². The molecule has 0 bridgehead atoms. The number of nitrogens with one attached hydrogen (secondary N) is 1. The Kier molecular flexibility index (Phi) is 6.25. The molecule has 3 aromatic rings. The van der Waals surface area contributed by atoms with Gasteiger partial charge in [0, 0.05) is 17.8 Å². The van der Waals surface area contributed by atoms with Crippen molar-refractivity contribution in [1.29, 1.82) is 0 Å². The van der Waals surface area contributed by atoms with E-state index in [1.165, 1.54) is 17.8 Å². The summed E-state index contributed by atoms with van der Waals surface area (Å²) in [6.07, 6.45) is 2.78. The van der Waals surface area contributed by atoms with Crippen LogP contribution in [0.4, 0.5) is 5.69 Å². The Morgan fingerprint density at radius 3 is 2.86 bits per heavy atom. The highest BCUT2D eigenvalue weighted by Crippen LogP contribution is 2.31. The Hall–Kier alpha value is -2.94. The molecule has 1 aromatic carbocycles. The average molecular weight is 399 g/mol. The number of amides is 1. The molecule has 0 radical (unpaired) electrons. The van der Waals surface area contributed by atoms with Gasteiger partial charge in [0.2, 0.25) is 0 Å². The van der Waals surface area contributed by atoms with Crippen LogP contribution in [0.25, 0.3) is 5.65 Å². The fourth-order valence-corrected chi connectivity index (χ4v) is 3.86. The van der Waals surface area contributed by atoms with Crippen LogP contribution in [-0.4, -0.2) is 31.2 Å². The van der Waals surface area contributed by atoms with E-state index < -0.39 is 10.8 Å². The molecule has 0 aliphatic rings. The van der Waals surface area contributed by atoms with Gasteiger partial charge in [0.05, 0.1) is 16.4 Å². The fourth-order valence-electron chi connectivity index (χ4n) is 2.60. The van der Waals surface area contributed by atoms with Crippen molar-refractivity contribution in [2.75, 3.05) is 5.75 Å². The lowest BCUT2D eigenvalue weighted by Gasteiger charge is -2.08. The van der Waals surface area contributed by atoms with Gasteiger partial charge in [-0.1, -0.05) is 19.9 Å². The van der Waals surface area contributed by atoms with E-state index in [9.17, 15) is 14.9 Å². The molecule has 9 heteroatoms. The van der Waals surface area contributed by atoms with E-state index in [0.717, 1.165) is 12.2 Å². The number of nitro benzene ring substituents is 1.